The predicted octanol–water partition coefficient (Wildman–Crippen LogP) is 1.67. The number of nitriles is 1. The van der Waals surface area contributed by atoms with E-state index in [2.05, 4.69) is 6.07 Å². The van der Waals surface area contributed by atoms with Gasteiger partial charge in [0, 0.05) is 17.0 Å². The van der Waals surface area contributed by atoms with Crippen LogP contribution in [0.5, 0.6) is 5.88 Å². The number of carbonyl (C=O) groups is 1. The van der Waals surface area contributed by atoms with E-state index in [9.17, 15) is 14.7 Å². The van der Waals surface area contributed by atoms with Crippen molar-refractivity contribution in [3.63, 3.8) is 0 Å². The van der Waals surface area contributed by atoms with E-state index in [1.165, 1.54) is 11.5 Å². The first-order valence-corrected chi connectivity index (χ1v) is 8.55. The number of nitrogens with zero attached hydrogens (tertiary/aromatic N) is 4. The summed E-state index contributed by atoms with van der Waals surface area (Å²) < 4.78 is 3.56. The van der Waals surface area contributed by atoms with Crippen molar-refractivity contribution in [2.45, 2.75) is 25.4 Å². The molecule has 8 heteroatoms. The van der Waals surface area contributed by atoms with Crippen LogP contribution in [-0.4, -0.2) is 31.6 Å². The molecule has 1 saturated heterocycles. The second kappa shape index (κ2) is 5.11. The highest BCUT2D eigenvalue weighted by Crippen LogP contribution is 2.48. The summed E-state index contributed by atoms with van der Waals surface area (Å²) >= 11 is 2.03. The Morgan fingerprint density at radius 2 is 2.21 bits per heavy atom. The fourth-order valence-corrected chi connectivity index (χ4v) is 4.38. The normalized spacial score (nSPS) is 21.0. The summed E-state index contributed by atoms with van der Waals surface area (Å²) in [5, 5.41) is 19.7. The number of likely N-dealkylation sites (tertiary alicyclic amines) is 1. The molecule has 4 rings (SSSR count). The molecule has 7 nitrogen and oxygen atoms in total. The van der Waals surface area contributed by atoms with Crippen LogP contribution >= 0.6 is 22.6 Å². The van der Waals surface area contributed by atoms with E-state index in [4.69, 9.17) is 5.26 Å². The maximum absolute atomic E-state index is 12.8. The number of fused-ring (bicyclic) bond motifs is 5. The summed E-state index contributed by atoms with van der Waals surface area (Å²) in [5.41, 5.74) is 1.22. The molecule has 1 amide bonds. The third-order valence-electron chi connectivity index (χ3n) is 4.79. The molecule has 0 saturated carbocycles. The summed E-state index contributed by atoms with van der Waals surface area (Å²) in [6.45, 7) is 2.00. The van der Waals surface area contributed by atoms with Crippen molar-refractivity contribution in [3.8, 4) is 17.6 Å². The Hall–Kier alpha value is -2.28. The van der Waals surface area contributed by atoms with E-state index in [1.807, 2.05) is 22.6 Å². The molecule has 24 heavy (non-hydrogen) atoms. The topological polar surface area (TPSA) is 91.3 Å². The van der Waals surface area contributed by atoms with Gasteiger partial charge in [-0.25, -0.2) is 9.36 Å². The molecular formula is C16H13IN4O3. The Morgan fingerprint density at radius 1 is 1.46 bits per heavy atom. The number of rotatable bonds is 1. The first-order chi connectivity index (χ1) is 11.4. The van der Waals surface area contributed by atoms with Gasteiger partial charge in [-0.05, 0) is 47.2 Å². The van der Waals surface area contributed by atoms with Gasteiger partial charge in [-0.15, -0.1) is 0 Å². The van der Waals surface area contributed by atoms with Crippen LogP contribution in [0, 0.1) is 14.9 Å². The molecule has 2 bridgehead atoms. The lowest BCUT2D eigenvalue weighted by Crippen LogP contribution is -2.36. The first-order valence-electron chi connectivity index (χ1n) is 7.47. The molecule has 3 heterocycles. The minimum Gasteiger partial charge on any atom is -0.493 e. The smallest absolute Gasteiger partial charge is 0.336 e. The van der Waals surface area contributed by atoms with Crippen LogP contribution in [0.3, 0.4) is 0 Å². The van der Waals surface area contributed by atoms with Crippen molar-refractivity contribution >= 4 is 28.5 Å². The standard InChI is InChI=1S/C16H13IN4O3/c1-8(22)19-7-11-5-13(19)14-15(23)21(16(24)20(11)14)10-3-2-9(6-18)12(17)4-10/h2-4,11,13,23H,5,7H2,1H3/t11-,13-/m0/s1. The molecule has 2 atom stereocenters. The van der Waals surface area contributed by atoms with Gasteiger partial charge >= 0.3 is 5.69 Å². The molecule has 2 aliphatic heterocycles. The van der Waals surface area contributed by atoms with Crippen LogP contribution < -0.4 is 5.69 Å². The quantitative estimate of drug-likeness (QED) is 0.689. The molecule has 122 valence electrons. The average molecular weight is 436 g/mol. The largest absolute Gasteiger partial charge is 0.493 e. The van der Waals surface area contributed by atoms with Gasteiger partial charge in [-0.2, -0.15) is 5.26 Å². The Bertz CT molecular complexity index is 984. The Balaban J connectivity index is 1.89. The summed E-state index contributed by atoms with van der Waals surface area (Å²) in [7, 11) is 0. The zero-order valence-electron chi connectivity index (χ0n) is 12.7. The maximum Gasteiger partial charge on any atom is 0.336 e. The van der Waals surface area contributed by atoms with Gasteiger partial charge in [-0.1, -0.05) is 0 Å². The molecule has 0 spiro atoms. The number of carbonyl (C=O) groups excluding carboxylic acids is 1. The van der Waals surface area contributed by atoms with E-state index >= 15 is 0 Å². The van der Waals surface area contributed by atoms with Crippen LogP contribution in [0.25, 0.3) is 5.69 Å². The van der Waals surface area contributed by atoms with Crippen molar-refractivity contribution in [2.24, 2.45) is 0 Å². The molecule has 1 aromatic carbocycles. The lowest BCUT2D eigenvalue weighted by molar-refractivity contribution is -0.130. The third-order valence-corrected chi connectivity index (χ3v) is 5.69. The second-order valence-electron chi connectivity index (χ2n) is 6.05. The number of halogens is 1. The van der Waals surface area contributed by atoms with E-state index in [1.54, 1.807) is 27.7 Å². The van der Waals surface area contributed by atoms with Crippen molar-refractivity contribution in [1.29, 1.82) is 5.26 Å². The van der Waals surface area contributed by atoms with Crippen LogP contribution in [0.15, 0.2) is 23.0 Å². The molecule has 1 aromatic heterocycles. The number of amides is 1. The van der Waals surface area contributed by atoms with Crippen LogP contribution in [-0.2, 0) is 4.79 Å². The highest BCUT2D eigenvalue weighted by molar-refractivity contribution is 14.1. The number of aromatic hydroxyl groups is 1. The Labute approximate surface area is 150 Å². The summed E-state index contributed by atoms with van der Waals surface area (Å²) in [6.07, 6.45) is 0.670. The number of aromatic nitrogens is 2. The fraction of sp³-hybridized carbons (Fsp3) is 0.312. The van der Waals surface area contributed by atoms with Crippen LogP contribution in [0.4, 0.5) is 0 Å². The third kappa shape index (κ3) is 1.87. The molecule has 1 N–H and O–H groups in total. The Morgan fingerprint density at radius 3 is 2.83 bits per heavy atom. The number of hydrogen-bond acceptors (Lipinski definition) is 4. The summed E-state index contributed by atoms with van der Waals surface area (Å²) in [5.74, 6) is -0.180. The lowest BCUT2D eigenvalue weighted by Gasteiger charge is -2.26. The highest BCUT2D eigenvalue weighted by atomic mass is 127. The second-order valence-corrected chi connectivity index (χ2v) is 7.21. The molecular weight excluding hydrogens is 423 g/mol. The van der Waals surface area contributed by atoms with E-state index in [-0.39, 0.29) is 29.6 Å². The molecule has 1 fully saturated rings. The molecule has 0 unspecified atom stereocenters. The number of hydrogen-bond donors (Lipinski definition) is 1. The van der Waals surface area contributed by atoms with Crippen molar-refractivity contribution in [2.75, 3.05) is 6.54 Å². The van der Waals surface area contributed by atoms with Gasteiger partial charge in [-0.3, -0.25) is 9.36 Å². The molecule has 0 aliphatic carbocycles. The van der Waals surface area contributed by atoms with Gasteiger partial charge in [0.15, 0.2) is 0 Å². The fourth-order valence-electron chi connectivity index (χ4n) is 3.76. The first kappa shape index (κ1) is 15.3. The lowest BCUT2D eigenvalue weighted by atomic mass is 10.2. The van der Waals surface area contributed by atoms with Gasteiger partial charge in [0.25, 0.3) is 0 Å². The van der Waals surface area contributed by atoms with Crippen LogP contribution in [0.2, 0.25) is 0 Å². The monoisotopic (exact) mass is 436 g/mol. The van der Waals surface area contributed by atoms with E-state index in [0.717, 1.165) is 0 Å². The van der Waals surface area contributed by atoms with Crippen molar-refractivity contribution in [1.82, 2.24) is 14.0 Å². The zero-order chi connectivity index (χ0) is 17.2. The molecule has 2 aliphatic rings. The van der Waals surface area contributed by atoms with E-state index in [0.29, 0.717) is 33.5 Å². The Kier molecular flexibility index (Phi) is 3.25. The predicted molar refractivity (Wildman–Crippen MR) is 92.9 cm³/mol. The van der Waals surface area contributed by atoms with Crippen molar-refractivity contribution in [3.05, 3.63) is 43.5 Å². The van der Waals surface area contributed by atoms with Crippen LogP contribution in [0.1, 0.15) is 36.7 Å². The van der Waals surface area contributed by atoms with Gasteiger partial charge < -0.3 is 10.0 Å². The average Bonchev–Trinajstić information content (AvgIpc) is 3.19. The van der Waals surface area contributed by atoms with Gasteiger partial charge in [0.1, 0.15) is 11.8 Å². The molecule has 0 radical (unpaired) electrons. The minimum atomic E-state index is -0.307. The maximum atomic E-state index is 12.8. The SMILES string of the molecule is CC(=O)N1C[C@@H]2C[C@H]1c1c(O)n(-c3ccc(C#N)c(I)c3)c(=O)n12. The summed E-state index contributed by atoms with van der Waals surface area (Å²) in [6, 6.07) is 6.70. The number of imidazole rings is 1. The highest BCUT2D eigenvalue weighted by Gasteiger charge is 2.48. The zero-order valence-corrected chi connectivity index (χ0v) is 14.9. The number of benzene rings is 1. The summed E-state index contributed by atoms with van der Waals surface area (Å²) in [4.78, 5) is 26.3. The van der Waals surface area contributed by atoms with Gasteiger partial charge in [0.05, 0.1) is 23.3 Å². The van der Waals surface area contributed by atoms with E-state index < -0.39 is 0 Å². The van der Waals surface area contributed by atoms with Gasteiger partial charge in [0.2, 0.25) is 11.8 Å². The van der Waals surface area contributed by atoms with Crippen molar-refractivity contribution < 1.29 is 9.90 Å². The minimum absolute atomic E-state index is 0.0544. The molecule has 2 aromatic rings.